The lowest BCUT2D eigenvalue weighted by Crippen LogP contribution is -2.49. The summed E-state index contributed by atoms with van der Waals surface area (Å²) in [5.74, 6) is 0.255. The Balaban J connectivity index is 0.00000192. The zero-order valence-corrected chi connectivity index (χ0v) is 15.6. The number of benzene rings is 1. The van der Waals surface area contributed by atoms with E-state index in [2.05, 4.69) is 29.2 Å². The molecule has 130 valence electrons. The molecule has 3 rings (SSSR count). The molecule has 1 aromatic rings. The first kappa shape index (κ1) is 18.7. The Kier molecular flexibility index (Phi) is 6.11. The number of piperidine rings is 1. The monoisotopic (exact) mass is 358 g/mol. The highest BCUT2D eigenvalue weighted by Gasteiger charge is 2.37. The van der Waals surface area contributed by atoms with Crippen molar-refractivity contribution in [1.82, 2.24) is 9.21 Å². The molecule has 0 saturated carbocycles. The van der Waals surface area contributed by atoms with E-state index < -0.39 is 10.0 Å². The number of fused-ring (bicyclic) bond motifs is 3. The maximum absolute atomic E-state index is 12.3. The summed E-state index contributed by atoms with van der Waals surface area (Å²) in [5.41, 5.74) is 2.84. The first-order chi connectivity index (χ1) is 10.5. The Morgan fingerprint density at radius 2 is 2.00 bits per heavy atom. The summed E-state index contributed by atoms with van der Waals surface area (Å²) in [4.78, 5) is 2.53. The summed E-state index contributed by atoms with van der Waals surface area (Å²) in [6.45, 7) is 4.01. The maximum Gasteiger partial charge on any atom is 0.214 e. The third kappa shape index (κ3) is 3.73. The minimum absolute atomic E-state index is 0. The Morgan fingerprint density at radius 1 is 1.26 bits per heavy atom. The van der Waals surface area contributed by atoms with E-state index in [0.717, 1.165) is 32.4 Å². The van der Waals surface area contributed by atoms with Crippen LogP contribution in [0.5, 0.6) is 0 Å². The highest BCUT2D eigenvalue weighted by Crippen LogP contribution is 2.38. The van der Waals surface area contributed by atoms with Crippen LogP contribution in [0.25, 0.3) is 0 Å². The molecule has 23 heavy (non-hydrogen) atoms. The van der Waals surface area contributed by atoms with Crippen LogP contribution in [-0.2, 0) is 16.4 Å². The molecule has 1 aromatic carbocycles. The van der Waals surface area contributed by atoms with E-state index >= 15 is 0 Å². The average molecular weight is 359 g/mol. The molecule has 4 nitrogen and oxygen atoms in total. The number of sulfonamides is 1. The largest absolute Gasteiger partial charge is 0.296 e. The Morgan fingerprint density at radius 3 is 2.74 bits per heavy atom. The van der Waals surface area contributed by atoms with Crippen LogP contribution in [0.4, 0.5) is 0 Å². The second-order valence-electron chi connectivity index (χ2n) is 6.51. The predicted octanol–water partition coefficient (Wildman–Crippen LogP) is 2.84. The van der Waals surface area contributed by atoms with Gasteiger partial charge in [0.25, 0.3) is 0 Å². The molecule has 2 unspecified atom stereocenters. The van der Waals surface area contributed by atoms with Gasteiger partial charge in [0, 0.05) is 32.2 Å². The number of hydrogen-bond donors (Lipinski definition) is 0. The molecule has 0 N–H and O–H groups in total. The maximum atomic E-state index is 12.3. The zero-order chi connectivity index (χ0) is 15.7. The number of rotatable bonds is 4. The van der Waals surface area contributed by atoms with Gasteiger partial charge in [-0.2, -0.15) is 0 Å². The molecular weight excluding hydrogens is 332 g/mol. The van der Waals surface area contributed by atoms with Crippen molar-refractivity contribution in [2.45, 2.75) is 44.7 Å². The van der Waals surface area contributed by atoms with Crippen LogP contribution in [0.3, 0.4) is 0 Å². The van der Waals surface area contributed by atoms with E-state index in [-0.39, 0.29) is 24.2 Å². The molecule has 2 aliphatic rings. The molecule has 6 heteroatoms. The smallest absolute Gasteiger partial charge is 0.214 e. The van der Waals surface area contributed by atoms with Crippen LogP contribution in [0.1, 0.15) is 43.4 Å². The second-order valence-corrected chi connectivity index (χ2v) is 8.66. The fraction of sp³-hybridized carbons (Fsp3) is 0.647. The summed E-state index contributed by atoms with van der Waals surface area (Å²) in [6, 6.07) is 9.14. The van der Waals surface area contributed by atoms with E-state index in [1.54, 1.807) is 11.4 Å². The van der Waals surface area contributed by atoms with Crippen molar-refractivity contribution in [3.05, 3.63) is 35.4 Å². The van der Waals surface area contributed by atoms with Gasteiger partial charge < -0.3 is 0 Å². The summed E-state index contributed by atoms with van der Waals surface area (Å²) in [6.07, 6.45) is 3.65. The summed E-state index contributed by atoms with van der Waals surface area (Å²) in [7, 11) is -1.35. The molecule has 0 aliphatic carbocycles. The van der Waals surface area contributed by atoms with Crippen LogP contribution in [0.15, 0.2) is 24.3 Å². The van der Waals surface area contributed by atoms with Crippen LogP contribution >= 0.6 is 12.4 Å². The van der Waals surface area contributed by atoms with Gasteiger partial charge in [-0.15, -0.1) is 12.4 Å². The second kappa shape index (κ2) is 7.51. The third-order valence-corrected chi connectivity index (χ3v) is 7.28. The molecule has 0 radical (unpaired) electrons. The normalized spacial score (nSPS) is 24.7. The van der Waals surface area contributed by atoms with Gasteiger partial charge in [-0.25, -0.2) is 12.7 Å². The van der Waals surface area contributed by atoms with Crippen molar-refractivity contribution < 1.29 is 8.42 Å². The molecule has 0 bridgehead atoms. The van der Waals surface area contributed by atoms with Gasteiger partial charge >= 0.3 is 0 Å². The first-order valence-corrected chi connectivity index (χ1v) is 9.91. The zero-order valence-electron chi connectivity index (χ0n) is 13.9. The summed E-state index contributed by atoms with van der Waals surface area (Å²) < 4.78 is 26.3. The molecule has 1 saturated heterocycles. The van der Waals surface area contributed by atoms with Crippen molar-refractivity contribution in [3.8, 4) is 0 Å². The lowest BCUT2D eigenvalue weighted by atomic mass is 9.85. The number of nitrogens with zero attached hydrogens (tertiary/aromatic N) is 2. The van der Waals surface area contributed by atoms with Crippen molar-refractivity contribution in [2.75, 3.05) is 25.9 Å². The lowest BCUT2D eigenvalue weighted by molar-refractivity contribution is 0.0969. The Hall–Kier alpha value is -0.620. The molecule has 0 aromatic heterocycles. The van der Waals surface area contributed by atoms with Crippen molar-refractivity contribution in [2.24, 2.45) is 0 Å². The molecule has 0 amide bonds. The van der Waals surface area contributed by atoms with Gasteiger partial charge in [0.1, 0.15) is 0 Å². The minimum Gasteiger partial charge on any atom is -0.296 e. The first-order valence-electron chi connectivity index (χ1n) is 8.30. The van der Waals surface area contributed by atoms with Crippen LogP contribution in [0.2, 0.25) is 0 Å². The van der Waals surface area contributed by atoms with E-state index in [4.69, 9.17) is 0 Å². The molecule has 1 fully saturated rings. The van der Waals surface area contributed by atoms with Gasteiger partial charge in [-0.3, -0.25) is 4.90 Å². The van der Waals surface area contributed by atoms with Crippen molar-refractivity contribution in [3.63, 3.8) is 0 Å². The standard InChI is InChI=1S/C17H26N2O2S.ClH/c1-3-12-22(20,21)18(2)15-9-11-19-10-8-14-6-4-5-7-16(14)17(19)13-15;/h4-7,15,17H,3,8-13H2,1-2H3;1H. The summed E-state index contributed by atoms with van der Waals surface area (Å²) >= 11 is 0. The fourth-order valence-electron chi connectivity index (χ4n) is 3.90. The van der Waals surface area contributed by atoms with Crippen LogP contribution in [0, 0.1) is 0 Å². The SMILES string of the molecule is CCCS(=O)(=O)N(C)C1CCN2CCc3ccccc3C2C1.Cl. The van der Waals surface area contributed by atoms with E-state index in [1.165, 1.54) is 11.1 Å². The fourth-order valence-corrected chi connectivity index (χ4v) is 5.35. The lowest BCUT2D eigenvalue weighted by Gasteiger charge is -2.45. The average Bonchev–Trinajstić information content (AvgIpc) is 2.53. The van der Waals surface area contributed by atoms with Crippen molar-refractivity contribution in [1.29, 1.82) is 0 Å². The summed E-state index contributed by atoms with van der Waals surface area (Å²) in [5, 5.41) is 0. The molecule has 2 heterocycles. The van der Waals surface area contributed by atoms with E-state index in [1.807, 2.05) is 6.92 Å². The van der Waals surface area contributed by atoms with E-state index in [9.17, 15) is 8.42 Å². The van der Waals surface area contributed by atoms with Crippen LogP contribution in [-0.4, -0.2) is 49.6 Å². The highest BCUT2D eigenvalue weighted by atomic mass is 35.5. The van der Waals surface area contributed by atoms with Gasteiger partial charge in [0.05, 0.1) is 5.75 Å². The molecule has 2 atom stereocenters. The van der Waals surface area contributed by atoms with E-state index in [0.29, 0.717) is 12.5 Å². The van der Waals surface area contributed by atoms with Crippen LogP contribution < -0.4 is 0 Å². The molecule has 0 spiro atoms. The Bertz CT molecular complexity index is 635. The number of halogens is 1. The third-order valence-electron chi connectivity index (χ3n) is 5.18. The molecular formula is C17H27ClN2O2S. The van der Waals surface area contributed by atoms with Crippen molar-refractivity contribution >= 4 is 22.4 Å². The minimum atomic E-state index is -3.11. The predicted molar refractivity (Wildman–Crippen MR) is 96.6 cm³/mol. The van der Waals surface area contributed by atoms with Gasteiger partial charge in [-0.05, 0) is 36.8 Å². The number of hydrogen-bond acceptors (Lipinski definition) is 3. The van der Waals surface area contributed by atoms with Gasteiger partial charge in [0.15, 0.2) is 0 Å². The van der Waals surface area contributed by atoms with Gasteiger partial charge in [-0.1, -0.05) is 31.2 Å². The quantitative estimate of drug-likeness (QED) is 0.831. The molecule has 2 aliphatic heterocycles. The highest BCUT2D eigenvalue weighted by molar-refractivity contribution is 7.89. The van der Waals surface area contributed by atoms with Gasteiger partial charge in [0.2, 0.25) is 10.0 Å². The Labute approximate surface area is 146 Å². The topological polar surface area (TPSA) is 40.6 Å².